The Morgan fingerprint density at radius 1 is 1.07 bits per heavy atom. The number of anilines is 1. The largest absolute Gasteiger partial charge is 0.417 e. The number of carbonyl (C=O) groups excluding carboxylic acids is 1. The van der Waals surface area contributed by atoms with Gasteiger partial charge in [-0.25, -0.2) is 8.42 Å². The second-order valence-electron chi connectivity index (χ2n) is 5.92. The molecule has 9 heteroatoms. The molecule has 0 aliphatic carbocycles. The third kappa shape index (κ3) is 4.24. The fourth-order valence-corrected chi connectivity index (χ4v) is 4.36. The Labute approximate surface area is 162 Å². The highest BCUT2D eigenvalue weighted by Gasteiger charge is 2.38. The van der Waals surface area contributed by atoms with E-state index in [9.17, 15) is 26.4 Å². The minimum absolute atomic E-state index is 0.298. The molecule has 0 saturated carbocycles. The van der Waals surface area contributed by atoms with E-state index in [1.807, 2.05) is 0 Å². The Morgan fingerprint density at radius 2 is 1.70 bits per heavy atom. The van der Waals surface area contributed by atoms with Crippen LogP contribution < -0.4 is 4.90 Å². The summed E-state index contributed by atoms with van der Waals surface area (Å²) in [7, 11) is -3.52. The van der Waals surface area contributed by atoms with E-state index >= 15 is 0 Å². The van der Waals surface area contributed by atoms with E-state index in [1.54, 1.807) is 12.1 Å². The Bertz CT molecular complexity index is 1000. The summed E-state index contributed by atoms with van der Waals surface area (Å²) in [6.45, 7) is 0. The maximum atomic E-state index is 13.3. The van der Waals surface area contributed by atoms with E-state index in [1.165, 1.54) is 30.3 Å². The summed E-state index contributed by atoms with van der Waals surface area (Å²) in [6.07, 6.45) is -3.40. The van der Waals surface area contributed by atoms with Crippen LogP contribution in [0.2, 0.25) is 0 Å². The molecule has 1 heterocycles. The molecule has 2 aromatic carbocycles. The van der Waals surface area contributed by atoms with Gasteiger partial charge in [-0.15, -0.1) is 0 Å². The molecule has 2 aromatic rings. The van der Waals surface area contributed by atoms with Gasteiger partial charge in [0.05, 0.1) is 22.9 Å². The van der Waals surface area contributed by atoms with Gasteiger partial charge in [0.2, 0.25) is 0 Å². The third-order valence-electron chi connectivity index (χ3n) is 4.03. The van der Waals surface area contributed by atoms with Crippen molar-refractivity contribution >= 4 is 37.4 Å². The zero-order valence-corrected chi connectivity index (χ0v) is 16.1. The number of hydrogen-bond acceptors (Lipinski definition) is 3. The number of rotatable bonds is 3. The molecular formula is C18H13BrF3NO3S. The summed E-state index contributed by atoms with van der Waals surface area (Å²) in [6, 6.07) is 9.88. The van der Waals surface area contributed by atoms with E-state index < -0.39 is 39.1 Å². The lowest BCUT2D eigenvalue weighted by Crippen LogP contribution is -2.42. The van der Waals surface area contributed by atoms with Crippen LogP contribution in [0.5, 0.6) is 0 Å². The van der Waals surface area contributed by atoms with Gasteiger partial charge in [-0.05, 0) is 42.5 Å². The smallest absolute Gasteiger partial charge is 0.300 e. The maximum absolute atomic E-state index is 13.3. The number of nitrogens with zero attached hydrogens (tertiary/aromatic N) is 1. The molecule has 0 saturated heterocycles. The van der Waals surface area contributed by atoms with Crippen molar-refractivity contribution in [3.63, 3.8) is 0 Å². The Hall–Kier alpha value is -2.13. The molecule has 3 rings (SSSR count). The number of sulfone groups is 1. The number of alkyl halides is 3. The van der Waals surface area contributed by atoms with Crippen LogP contribution in [0, 0.1) is 0 Å². The second kappa shape index (κ2) is 7.12. The topological polar surface area (TPSA) is 54.5 Å². The van der Waals surface area contributed by atoms with Gasteiger partial charge in [0.15, 0.2) is 9.84 Å². The first-order valence-electron chi connectivity index (χ1n) is 7.75. The van der Waals surface area contributed by atoms with Crippen molar-refractivity contribution in [2.24, 2.45) is 0 Å². The van der Waals surface area contributed by atoms with Gasteiger partial charge in [0.25, 0.3) is 5.91 Å². The summed E-state index contributed by atoms with van der Waals surface area (Å²) in [5, 5.41) is 0.979. The molecule has 1 aliphatic heterocycles. The molecule has 0 bridgehead atoms. The van der Waals surface area contributed by atoms with Gasteiger partial charge in [-0.3, -0.25) is 4.79 Å². The number of carbonyl (C=O) groups is 1. The quantitative estimate of drug-likeness (QED) is 0.682. The van der Waals surface area contributed by atoms with Crippen LogP contribution in [-0.4, -0.2) is 26.1 Å². The summed E-state index contributed by atoms with van der Waals surface area (Å²) in [5.41, 5.74) is -1.31. The first-order chi connectivity index (χ1) is 12.6. The van der Waals surface area contributed by atoms with Crippen LogP contribution >= 0.6 is 15.9 Å². The van der Waals surface area contributed by atoms with Gasteiger partial charge in [-0.2, -0.15) is 13.2 Å². The van der Waals surface area contributed by atoms with E-state index in [0.29, 0.717) is 10.2 Å². The summed E-state index contributed by atoms with van der Waals surface area (Å²) in [4.78, 5) is 14.2. The fourth-order valence-electron chi connectivity index (χ4n) is 2.83. The highest BCUT2D eigenvalue weighted by atomic mass is 79.9. The Balaban J connectivity index is 2.10. The molecule has 0 aromatic heterocycles. The molecule has 142 valence electrons. The predicted molar refractivity (Wildman–Crippen MR) is 99.1 cm³/mol. The zero-order valence-electron chi connectivity index (χ0n) is 13.7. The third-order valence-corrected chi connectivity index (χ3v) is 5.94. The van der Waals surface area contributed by atoms with Crippen molar-refractivity contribution in [1.82, 2.24) is 0 Å². The molecule has 0 fully saturated rings. The molecule has 1 atom stereocenters. The van der Waals surface area contributed by atoms with Crippen LogP contribution in [0.25, 0.3) is 0 Å². The Kier molecular flexibility index (Phi) is 5.18. The molecule has 0 N–H and O–H groups in total. The molecule has 27 heavy (non-hydrogen) atoms. The summed E-state index contributed by atoms with van der Waals surface area (Å²) >= 11 is 3.25. The zero-order chi connectivity index (χ0) is 19.8. The van der Waals surface area contributed by atoms with Gasteiger partial charge in [-0.1, -0.05) is 28.1 Å². The minimum Gasteiger partial charge on any atom is -0.300 e. The average molecular weight is 460 g/mol. The van der Waals surface area contributed by atoms with Crippen molar-refractivity contribution in [2.75, 3.05) is 10.7 Å². The van der Waals surface area contributed by atoms with E-state index in [0.717, 1.165) is 22.4 Å². The van der Waals surface area contributed by atoms with Gasteiger partial charge < -0.3 is 4.90 Å². The summed E-state index contributed by atoms with van der Waals surface area (Å²) < 4.78 is 64.3. The summed E-state index contributed by atoms with van der Waals surface area (Å²) in [5.74, 6) is -1.31. The van der Waals surface area contributed by atoms with E-state index in [4.69, 9.17) is 0 Å². The van der Waals surface area contributed by atoms with Crippen molar-refractivity contribution in [2.45, 2.75) is 12.2 Å². The highest BCUT2D eigenvalue weighted by Crippen LogP contribution is 2.34. The van der Waals surface area contributed by atoms with Crippen molar-refractivity contribution in [3.8, 4) is 0 Å². The molecule has 0 unspecified atom stereocenters. The standard InChI is InChI=1S/C18H13BrF3NO3S/c19-12-5-7-13(8-6-12)23(14-9-10-27(25,26)11-14)17(24)15-3-1-2-4-16(15)18(20,21)22/h1-10,14H,11H2/t14-/m0/s1. The lowest BCUT2D eigenvalue weighted by Gasteiger charge is -2.29. The molecule has 1 aliphatic rings. The maximum Gasteiger partial charge on any atom is 0.417 e. The number of halogens is 4. The Morgan fingerprint density at radius 3 is 2.26 bits per heavy atom. The van der Waals surface area contributed by atoms with Crippen LogP contribution in [0.3, 0.4) is 0 Å². The van der Waals surface area contributed by atoms with Crippen molar-refractivity contribution in [1.29, 1.82) is 0 Å². The molecule has 1 amide bonds. The lowest BCUT2D eigenvalue weighted by molar-refractivity contribution is -0.137. The predicted octanol–water partition coefficient (Wildman–Crippen LogP) is 4.43. The molecule has 0 radical (unpaired) electrons. The van der Waals surface area contributed by atoms with Crippen LogP contribution in [0.1, 0.15) is 15.9 Å². The van der Waals surface area contributed by atoms with Crippen LogP contribution in [0.4, 0.5) is 18.9 Å². The monoisotopic (exact) mass is 459 g/mol. The average Bonchev–Trinajstić information content (AvgIpc) is 2.95. The molecule has 0 spiro atoms. The number of hydrogen-bond donors (Lipinski definition) is 0. The van der Waals surface area contributed by atoms with E-state index in [2.05, 4.69) is 15.9 Å². The van der Waals surface area contributed by atoms with Crippen molar-refractivity contribution < 1.29 is 26.4 Å². The lowest BCUT2D eigenvalue weighted by atomic mass is 10.0. The number of amides is 1. The van der Waals surface area contributed by atoms with Crippen LogP contribution in [-0.2, 0) is 16.0 Å². The first-order valence-corrected chi connectivity index (χ1v) is 10.3. The fraction of sp³-hybridized carbons (Fsp3) is 0.167. The van der Waals surface area contributed by atoms with Gasteiger partial charge in [0, 0.05) is 15.6 Å². The molecular weight excluding hydrogens is 447 g/mol. The normalized spacial score (nSPS) is 18.4. The van der Waals surface area contributed by atoms with Gasteiger partial charge >= 0.3 is 6.18 Å². The first kappa shape index (κ1) is 19.6. The molecule has 4 nitrogen and oxygen atoms in total. The second-order valence-corrected chi connectivity index (χ2v) is 8.77. The minimum atomic E-state index is -4.71. The SMILES string of the molecule is O=C(c1ccccc1C(F)(F)F)N(c1ccc(Br)cc1)[C@H]1C=CS(=O)(=O)C1. The number of benzene rings is 2. The highest BCUT2D eigenvalue weighted by molar-refractivity contribution is 9.10. The van der Waals surface area contributed by atoms with Gasteiger partial charge in [0.1, 0.15) is 0 Å². The van der Waals surface area contributed by atoms with Crippen molar-refractivity contribution in [3.05, 3.63) is 75.6 Å². The van der Waals surface area contributed by atoms with Crippen LogP contribution in [0.15, 0.2) is 64.5 Å². The van der Waals surface area contributed by atoms with E-state index in [-0.39, 0.29) is 5.75 Å².